The van der Waals surface area contributed by atoms with Crippen LogP contribution in [0, 0.1) is 0 Å². The summed E-state index contributed by atoms with van der Waals surface area (Å²) < 4.78 is 7.26. The van der Waals surface area contributed by atoms with E-state index in [1.807, 2.05) is 25.8 Å². The van der Waals surface area contributed by atoms with E-state index in [-0.39, 0.29) is 18.1 Å². The van der Waals surface area contributed by atoms with Crippen molar-refractivity contribution >= 4 is 17.5 Å². The highest BCUT2D eigenvalue weighted by Gasteiger charge is 2.31. The predicted octanol–water partition coefficient (Wildman–Crippen LogP) is 1.45. The first-order valence-corrected chi connectivity index (χ1v) is 7.11. The molecule has 5 nitrogen and oxygen atoms in total. The van der Waals surface area contributed by atoms with Crippen LogP contribution >= 0.6 is 11.6 Å². The summed E-state index contributed by atoms with van der Waals surface area (Å²) in [6.07, 6.45) is 2.46. The zero-order valence-corrected chi connectivity index (χ0v) is 12.4. The van der Waals surface area contributed by atoms with Crippen LogP contribution in [0.15, 0.2) is 6.20 Å². The van der Waals surface area contributed by atoms with Crippen molar-refractivity contribution in [3.63, 3.8) is 0 Å². The smallest absolute Gasteiger partial charge is 0.257 e. The van der Waals surface area contributed by atoms with Gasteiger partial charge in [-0.25, -0.2) is 0 Å². The topological polar surface area (TPSA) is 47.4 Å². The largest absolute Gasteiger partial charge is 0.373 e. The third-order valence-electron chi connectivity index (χ3n) is 3.41. The summed E-state index contributed by atoms with van der Waals surface area (Å²) in [5.41, 5.74) is 1.53. The van der Waals surface area contributed by atoms with Gasteiger partial charge in [0.05, 0.1) is 35.9 Å². The van der Waals surface area contributed by atoms with Crippen LogP contribution in [0.4, 0.5) is 0 Å². The Morgan fingerprint density at radius 2 is 2.37 bits per heavy atom. The van der Waals surface area contributed by atoms with E-state index in [4.69, 9.17) is 16.3 Å². The molecule has 1 saturated heterocycles. The first-order valence-electron chi connectivity index (χ1n) is 6.57. The lowest BCUT2D eigenvalue weighted by Gasteiger charge is -2.37. The number of carbonyl (C=O) groups is 1. The molecule has 6 heteroatoms. The fourth-order valence-electron chi connectivity index (χ4n) is 2.32. The number of rotatable bonds is 3. The summed E-state index contributed by atoms with van der Waals surface area (Å²) in [4.78, 5) is 14.5. The van der Waals surface area contributed by atoms with Gasteiger partial charge in [0.2, 0.25) is 0 Å². The van der Waals surface area contributed by atoms with E-state index in [2.05, 4.69) is 5.10 Å². The maximum Gasteiger partial charge on any atom is 0.257 e. The Balaban J connectivity index is 2.21. The fourth-order valence-corrected chi connectivity index (χ4v) is 2.51. The number of amides is 1. The van der Waals surface area contributed by atoms with Crippen LogP contribution in [0.3, 0.4) is 0 Å². The fraction of sp³-hybridized carbons (Fsp3) is 0.692. The number of hydrogen-bond acceptors (Lipinski definition) is 3. The summed E-state index contributed by atoms with van der Waals surface area (Å²) in [6.45, 7) is 5.07. The van der Waals surface area contributed by atoms with E-state index in [0.717, 1.165) is 12.1 Å². The van der Waals surface area contributed by atoms with Gasteiger partial charge in [0.1, 0.15) is 0 Å². The van der Waals surface area contributed by atoms with E-state index >= 15 is 0 Å². The van der Waals surface area contributed by atoms with Gasteiger partial charge in [0.25, 0.3) is 5.91 Å². The van der Waals surface area contributed by atoms with Crippen molar-refractivity contribution in [2.24, 2.45) is 7.05 Å². The Morgan fingerprint density at radius 1 is 1.63 bits per heavy atom. The molecule has 1 aliphatic rings. The number of hydrogen-bond donors (Lipinski definition) is 0. The van der Waals surface area contributed by atoms with Crippen LogP contribution in [0.1, 0.15) is 29.9 Å². The Hall–Kier alpha value is -1.07. The minimum absolute atomic E-state index is 0.0240. The normalized spacial score (nSPS) is 23.7. The SMILES string of the molecule is CCc1nn(C)cc1C(=O)N1CC(CCl)OCC1C. The predicted molar refractivity (Wildman–Crippen MR) is 73.5 cm³/mol. The van der Waals surface area contributed by atoms with Gasteiger partial charge in [-0.2, -0.15) is 5.10 Å². The zero-order chi connectivity index (χ0) is 14.0. The maximum atomic E-state index is 12.6. The number of morpholine rings is 1. The number of aryl methyl sites for hydroxylation is 2. The van der Waals surface area contributed by atoms with Crippen LogP contribution in [0.2, 0.25) is 0 Å². The number of halogens is 1. The molecular weight excluding hydrogens is 266 g/mol. The van der Waals surface area contributed by atoms with E-state index in [1.54, 1.807) is 10.9 Å². The Bertz CT molecular complexity index is 461. The minimum atomic E-state index is -0.0800. The van der Waals surface area contributed by atoms with Gasteiger partial charge < -0.3 is 9.64 Å². The second kappa shape index (κ2) is 5.92. The van der Waals surface area contributed by atoms with Crippen LogP contribution in [-0.4, -0.2) is 51.8 Å². The molecule has 2 atom stereocenters. The van der Waals surface area contributed by atoms with Crippen molar-refractivity contribution in [2.75, 3.05) is 19.0 Å². The van der Waals surface area contributed by atoms with Crippen molar-refractivity contribution in [2.45, 2.75) is 32.4 Å². The molecule has 2 unspecified atom stereocenters. The van der Waals surface area contributed by atoms with E-state index in [1.165, 1.54) is 0 Å². The molecule has 19 heavy (non-hydrogen) atoms. The minimum Gasteiger partial charge on any atom is -0.373 e. The van der Waals surface area contributed by atoms with Gasteiger partial charge in [-0.3, -0.25) is 9.48 Å². The summed E-state index contributed by atoms with van der Waals surface area (Å²) in [7, 11) is 1.83. The number of ether oxygens (including phenoxy) is 1. The molecule has 106 valence electrons. The van der Waals surface area contributed by atoms with Crippen molar-refractivity contribution in [3.8, 4) is 0 Å². The standard InChI is InChI=1S/C13H20ClN3O2/c1-4-12-11(7-16(3)15-12)13(18)17-6-10(5-14)19-8-9(17)2/h7,9-10H,4-6,8H2,1-3H3. The van der Waals surface area contributed by atoms with Crippen molar-refractivity contribution in [1.82, 2.24) is 14.7 Å². The Kier molecular flexibility index (Phi) is 4.47. The molecule has 1 fully saturated rings. The molecule has 1 aromatic heterocycles. The van der Waals surface area contributed by atoms with Crippen molar-refractivity contribution < 1.29 is 9.53 Å². The molecule has 0 aliphatic carbocycles. The van der Waals surface area contributed by atoms with Crippen LogP contribution < -0.4 is 0 Å². The summed E-state index contributed by atoms with van der Waals surface area (Å²) >= 11 is 5.83. The summed E-state index contributed by atoms with van der Waals surface area (Å²) in [5, 5.41) is 4.32. The second-order valence-electron chi connectivity index (χ2n) is 4.93. The molecule has 1 amide bonds. The van der Waals surface area contributed by atoms with Gasteiger partial charge in [0, 0.05) is 19.8 Å². The number of nitrogens with zero attached hydrogens (tertiary/aromatic N) is 3. The third kappa shape index (κ3) is 2.92. The lowest BCUT2D eigenvalue weighted by Crippen LogP contribution is -2.51. The Morgan fingerprint density at radius 3 is 3.00 bits per heavy atom. The van der Waals surface area contributed by atoms with Gasteiger partial charge in [-0.05, 0) is 13.3 Å². The third-order valence-corrected chi connectivity index (χ3v) is 3.75. The molecular formula is C13H20ClN3O2. The molecule has 0 aromatic carbocycles. The molecule has 2 rings (SSSR count). The summed E-state index contributed by atoms with van der Waals surface area (Å²) in [5.74, 6) is 0.431. The molecule has 1 aliphatic heterocycles. The van der Waals surface area contributed by atoms with Crippen molar-refractivity contribution in [1.29, 1.82) is 0 Å². The molecule has 0 spiro atoms. The summed E-state index contributed by atoms with van der Waals surface area (Å²) in [6, 6.07) is 0.0666. The second-order valence-corrected chi connectivity index (χ2v) is 5.24. The highest BCUT2D eigenvalue weighted by atomic mass is 35.5. The van der Waals surface area contributed by atoms with Crippen LogP contribution in [0.5, 0.6) is 0 Å². The van der Waals surface area contributed by atoms with Gasteiger partial charge >= 0.3 is 0 Å². The average molecular weight is 286 g/mol. The number of carbonyl (C=O) groups excluding carboxylic acids is 1. The zero-order valence-electron chi connectivity index (χ0n) is 11.6. The molecule has 1 aromatic rings. The number of aromatic nitrogens is 2. The van der Waals surface area contributed by atoms with Gasteiger partial charge in [-0.1, -0.05) is 6.92 Å². The highest BCUT2D eigenvalue weighted by Crippen LogP contribution is 2.18. The van der Waals surface area contributed by atoms with Crippen LogP contribution in [-0.2, 0) is 18.2 Å². The molecule has 0 N–H and O–H groups in total. The van der Waals surface area contributed by atoms with Gasteiger partial charge in [-0.15, -0.1) is 11.6 Å². The average Bonchev–Trinajstić information content (AvgIpc) is 2.79. The molecule has 2 heterocycles. The van der Waals surface area contributed by atoms with Gasteiger partial charge in [0.15, 0.2) is 0 Å². The Labute approximate surface area is 118 Å². The highest BCUT2D eigenvalue weighted by molar-refractivity contribution is 6.18. The monoisotopic (exact) mass is 285 g/mol. The molecule has 0 saturated carbocycles. The van der Waals surface area contributed by atoms with E-state index in [0.29, 0.717) is 24.6 Å². The van der Waals surface area contributed by atoms with Crippen LogP contribution in [0.25, 0.3) is 0 Å². The first-order chi connectivity index (χ1) is 9.06. The quantitative estimate of drug-likeness (QED) is 0.790. The molecule has 0 radical (unpaired) electrons. The van der Waals surface area contributed by atoms with Crippen molar-refractivity contribution in [3.05, 3.63) is 17.5 Å². The lowest BCUT2D eigenvalue weighted by molar-refractivity contribution is -0.0372. The maximum absolute atomic E-state index is 12.6. The first kappa shape index (κ1) is 14.3. The van der Waals surface area contributed by atoms with E-state index < -0.39 is 0 Å². The van der Waals surface area contributed by atoms with E-state index in [9.17, 15) is 4.79 Å². The lowest BCUT2D eigenvalue weighted by atomic mass is 10.1. The number of alkyl halides is 1. The molecule has 0 bridgehead atoms.